The van der Waals surface area contributed by atoms with Gasteiger partial charge in [0.2, 0.25) is 0 Å². The smallest absolute Gasteiger partial charge is 0.306 e. The maximum Gasteiger partial charge on any atom is 0.306 e. The van der Waals surface area contributed by atoms with Crippen LogP contribution in [0.2, 0.25) is 0 Å². The molecule has 82 heavy (non-hydrogen) atoms. The summed E-state index contributed by atoms with van der Waals surface area (Å²) in [5.41, 5.74) is 0. The fourth-order valence-corrected chi connectivity index (χ4v) is 9.06. The van der Waals surface area contributed by atoms with E-state index in [1.807, 2.05) is 0 Å². The number of carbonyl (C=O) groups excluding carboxylic acids is 3. The molecule has 0 aromatic carbocycles. The molecule has 0 aliphatic carbocycles. The first kappa shape index (κ1) is 77.3. The second kappa shape index (κ2) is 68.8. The third-order valence-corrected chi connectivity index (χ3v) is 14.0. The highest BCUT2D eigenvalue weighted by atomic mass is 16.6. The Labute approximate surface area is 506 Å². The normalized spacial score (nSPS) is 13.1. The summed E-state index contributed by atoms with van der Waals surface area (Å²) < 4.78 is 16.9. The lowest BCUT2D eigenvalue weighted by molar-refractivity contribution is -0.167. The standard InChI is InChI=1S/C76H124O6/c1-4-7-10-13-16-19-22-24-26-28-30-31-32-33-34-35-36-37-38-39-40-41-42-43-44-45-47-48-50-52-54-57-60-63-66-69-75(78)81-72-73(71-80-74(77)68-65-62-59-56-21-18-15-12-9-6-3)82-76(79)70-67-64-61-58-55-53-51-49-46-29-27-25-23-20-17-14-11-8-5-2/h7-8,10-12,15-17,19-20,24-27,30-31,33-34,36-37,39-40,46,49,73H,4-6,9,13-14,18,21-23,28-29,32,35,38,41-45,47-48,50-72H2,1-3H3/b10-7-,11-8-,15-12-,19-16-,20-17-,26-24-,27-25-,31-30-,34-33-,37-36-,40-39-,49-46-. The summed E-state index contributed by atoms with van der Waals surface area (Å²) in [6, 6.07) is 0. The number of hydrogen-bond acceptors (Lipinski definition) is 6. The predicted octanol–water partition coefficient (Wildman–Crippen LogP) is 23.5. The van der Waals surface area contributed by atoms with Crippen LogP contribution in [0, 0.1) is 0 Å². The average Bonchev–Trinajstić information content (AvgIpc) is 3.48. The van der Waals surface area contributed by atoms with Crippen molar-refractivity contribution in [3.63, 3.8) is 0 Å². The summed E-state index contributed by atoms with van der Waals surface area (Å²) in [4.78, 5) is 38.3. The van der Waals surface area contributed by atoms with Gasteiger partial charge in [0.1, 0.15) is 13.2 Å². The minimum atomic E-state index is -0.794. The van der Waals surface area contributed by atoms with Crippen molar-refractivity contribution in [2.45, 2.75) is 303 Å². The Morgan fingerprint density at radius 1 is 0.256 bits per heavy atom. The van der Waals surface area contributed by atoms with Crippen LogP contribution in [-0.4, -0.2) is 37.2 Å². The highest BCUT2D eigenvalue weighted by molar-refractivity contribution is 5.71. The van der Waals surface area contributed by atoms with Gasteiger partial charge in [0, 0.05) is 19.3 Å². The van der Waals surface area contributed by atoms with Gasteiger partial charge in [-0.1, -0.05) is 289 Å². The molecular weight excluding hydrogens is 1010 g/mol. The summed E-state index contributed by atoms with van der Waals surface area (Å²) in [7, 11) is 0. The minimum absolute atomic E-state index is 0.0898. The number of hydrogen-bond donors (Lipinski definition) is 0. The van der Waals surface area contributed by atoms with E-state index in [4.69, 9.17) is 14.2 Å². The third-order valence-electron chi connectivity index (χ3n) is 14.0. The molecule has 0 aliphatic rings. The number of unbranched alkanes of at least 4 members (excludes halogenated alkanes) is 25. The van der Waals surface area contributed by atoms with E-state index < -0.39 is 6.10 Å². The van der Waals surface area contributed by atoms with E-state index in [2.05, 4.69) is 167 Å². The van der Waals surface area contributed by atoms with Gasteiger partial charge in [-0.3, -0.25) is 14.4 Å². The van der Waals surface area contributed by atoms with E-state index in [0.29, 0.717) is 19.3 Å². The Morgan fingerprint density at radius 3 is 0.756 bits per heavy atom. The molecule has 0 fully saturated rings. The van der Waals surface area contributed by atoms with Crippen LogP contribution in [0.1, 0.15) is 297 Å². The molecule has 0 spiro atoms. The van der Waals surface area contributed by atoms with Crippen molar-refractivity contribution in [2.24, 2.45) is 0 Å². The lowest BCUT2D eigenvalue weighted by atomic mass is 10.0. The summed E-state index contributed by atoms with van der Waals surface area (Å²) in [5, 5.41) is 0. The Morgan fingerprint density at radius 2 is 0.476 bits per heavy atom. The van der Waals surface area contributed by atoms with Gasteiger partial charge in [0.15, 0.2) is 6.10 Å². The number of esters is 3. The second-order valence-electron chi connectivity index (χ2n) is 22.0. The Bertz CT molecular complexity index is 1780. The summed E-state index contributed by atoms with van der Waals surface area (Å²) in [5.74, 6) is -0.914. The number of carbonyl (C=O) groups is 3. The zero-order valence-corrected chi connectivity index (χ0v) is 53.2. The van der Waals surface area contributed by atoms with Crippen molar-refractivity contribution in [3.05, 3.63) is 146 Å². The van der Waals surface area contributed by atoms with Crippen LogP contribution in [0.5, 0.6) is 0 Å². The van der Waals surface area contributed by atoms with Crippen molar-refractivity contribution in [1.29, 1.82) is 0 Å². The molecular formula is C76H124O6. The SMILES string of the molecule is CC/C=C\C/C=C\C/C=C\C/C=C\C/C=C\C/C=C\C/C=C\CCCCCCCCCCCCCCCC(=O)OCC(COC(=O)CCCCCCC/C=C\CCC)OC(=O)CCCCCCCC/C=C\C/C=C\C/C=C\C/C=C\CC. The Balaban J connectivity index is 4.18. The molecule has 0 radical (unpaired) electrons. The van der Waals surface area contributed by atoms with Crippen molar-refractivity contribution < 1.29 is 28.6 Å². The quantitative estimate of drug-likeness (QED) is 0.0261. The van der Waals surface area contributed by atoms with Crippen molar-refractivity contribution in [1.82, 2.24) is 0 Å². The van der Waals surface area contributed by atoms with E-state index in [9.17, 15) is 14.4 Å². The van der Waals surface area contributed by atoms with Gasteiger partial charge in [-0.15, -0.1) is 0 Å². The van der Waals surface area contributed by atoms with Gasteiger partial charge >= 0.3 is 17.9 Å². The summed E-state index contributed by atoms with van der Waals surface area (Å²) >= 11 is 0. The second-order valence-corrected chi connectivity index (χ2v) is 22.0. The highest BCUT2D eigenvalue weighted by Crippen LogP contribution is 2.16. The van der Waals surface area contributed by atoms with Crippen LogP contribution in [0.15, 0.2) is 146 Å². The van der Waals surface area contributed by atoms with Gasteiger partial charge in [-0.05, 0) is 135 Å². The zero-order chi connectivity index (χ0) is 59.2. The largest absolute Gasteiger partial charge is 0.462 e. The number of ether oxygens (including phenoxy) is 3. The molecule has 0 saturated heterocycles. The van der Waals surface area contributed by atoms with E-state index in [0.717, 1.165) is 161 Å². The summed E-state index contributed by atoms with van der Waals surface area (Å²) in [6.07, 6.45) is 98.8. The molecule has 1 unspecified atom stereocenters. The van der Waals surface area contributed by atoms with E-state index >= 15 is 0 Å². The van der Waals surface area contributed by atoms with Gasteiger partial charge in [0.05, 0.1) is 0 Å². The monoisotopic (exact) mass is 1130 g/mol. The molecule has 6 heteroatoms. The van der Waals surface area contributed by atoms with Crippen LogP contribution >= 0.6 is 0 Å². The number of allylic oxidation sites excluding steroid dienone is 24. The fraction of sp³-hybridized carbons (Fsp3) is 0.645. The van der Waals surface area contributed by atoms with Crippen molar-refractivity contribution in [3.8, 4) is 0 Å². The Kier molecular flexibility index (Phi) is 64.8. The molecule has 6 nitrogen and oxygen atoms in total. The average molecular weight is 1130 g/mol. The number of rotatable bonds is 60. The molecule has 0 N–H and O–H groups in total. The van der Waals surface area contributed by atoms with Crippen LogP contribution in [0.3, 0.4) is 0 Å². The van der Waals surface area contributed by atoms with E-state index in [1.165, 1.54) is 96.3 Å². The maximum absolute atomic E-state index is 12.9. The van der Waals surface area contributed by atoms with E-state index in [-0.39, 0.29) is 31.1 Å². The van der Waals surface area contributed by atoms with Gasteiger partial charge in [0.25, 0.3) is 0 Å². The third kappa shape index (κ3) is 66.1. The molecule has 0 aromatic rings. The first-order valence-corrected chi connectivity index (χ1v) is 33.8. The zero-order valence-electron chi connectivity index (χ0n) is 53.2. The topological polar surface area (TPSA) is 78.9 Å². The molecule has 0 bridgehead atoms. The van der Waals surface area contributed by atoms with Gasteiger partial charge in [-0.25, -0.2) is 0 Å². The van der Waals surface area contributed by atoms with Gasteiger partial charge in [-0.2, -0.15) is 0 Å². The molecule has 0 rings (SSSR count). The lowest BCUT2D eigenvalue weighted by Gasteiger charge is -2.18. The fourth-order valence-electron chi connectivity index (χ4n) is 9.06. The molecule has 0 aliphatic heterocycles. The van der Waals surface area contributed by atoms with Crippen molar-refractivity contribution in [2.75, 3.05) is 13.2 Å². The van der Waals surface area contributed by atoms with E-state index in [1.54, 1.807) is 0 Å². The molecule has 0 amide bonds. The van der Waals surface area contributed by atoms with Crippen LogP contribution in [-0.2, 0) is 28.6 Å². The molecule has 0 heterocycles. The first-order chi connectivity index (χ1) is 40.5. The first-order valence-electron chi connectivity index (χ1n) is 33.8. The van der Waals surface area contributed by atoms with Gasteiger partial charge < -0.3 is 14.2 Å². The summed E-state index contributed by atoms with van der Waals surface area (Å²) in [6.45, 7) is 6.34. The maximum atomic E-state index is 12.9. The minimum Gasteiger partial charge on any atom is -0.462 e. The Hall–Kier alpha value is -4.71. The predicted molar refractivity (Wildman–Crippen MR) is 357 cm³/mol. The van der Waals surface area contributed by atoms with Crippen LogP contribution in [0.4, 0.5) is 0 Å². The highest BCUT2D eigenvalue weighted by Gasteiger charge is 2.19. The molecule has 464 valence electrons. The lowest BCUT2D eigenvalue weighted by Crippen LogP contribution is -2.30. The molecule has 0 saturated carbocycles. The van der Waals surface area contributed by atoms with Crippen LogP contribution in [0.25, 0.3) is 0 Å². The molecule has 0 aromatic heterocycles. The molecule has 1 atom stereocenters. The van der Waals surface area contributed by atoms with Crippen molar-refractivity contribution >= 4 is 17.9 Å². The van der Waals surface area contributed by atoms with Crippen LogP contribution < -0.4 is 0 Å².